The van der Waals surface area contributed by atoms with Gasteiger partial charge in [0.2, 0.25) is 0 Å². The fourth-order valence-electron chi connectivity index (χ4n) is 1.29. The molecule has 15 heavy (non-hydrogen) atoms. The Morgan fingerprint density at radius 3 is 2.73 bits per heavy atom. The average Bonchev–Trinajstić information content (AvgIpc) is 2.66. The summed E-state index contributed by atoms with van der Waals surface area (Å²) < 4.78 is 1.68. The van der Waals surface area contributed by atoms with Crippen molar-refractivity contribution in [3.8, 4) is 0 Å². The third kappa shape index (κ3) is 2.67. The normalized spacial score (nSPS) is 10.9. The van der Waals surface area contributed by atoms with E-state index in [9.17, 15) is 4.79 Å². The third-order valence-electron chi connectivity index (χ3n) is 2.06. The summed E-state index contributed by atoms with van der Waals surface area (Å²) in [7, 11) is 0. The Kier molecular flexibility index (Phi) is 3.15. The van der Waals surface area contributed by atoms with Gasteiger partial charge in [-0.05, 0) is 5.56 Å². The topological polar surface area (TPSA) is 22.0 Å². The van der Waals surface area contributed by atoms with Crippen LogP contribution < -0.4 is 4.87 Å². The molecule has 2 nitrogen and oxygen atoms in total. The van der Waals surface area contributed by atoms with E-state index in [0.29, 0.717) is 6.54 Å². The number of hydrogen-bond acceptors (Lipinski definition) is 2. The Labute approximate surface area is 92.1 Å². The Morgan fingerprint density at radius 2 is 2.07 bits per heavy atom. The molecule has 0 aliphatic carbocycles. The van der Waals surface area contributed by atoms with Crippen molar-refractivity contribution < 1.29 is 0 Å². The number of allylic oxidation sites excluding steroid dienone is 1. The first kappa shape index (κ1) is 9.93. The summed E-state index contributed by atoms with van der Waals surface area (Å²) in [6.07, 6.45) is 5.82. The van der Waals surface area contributed by atoms with Gasteiger partial charge in [0, 0.05) is 18.1 Å². The molecule has 76 valence electrons. The Hall–Kier alpha value is -1.61. The molecule has 0 aliphatic rings. The van der Waals surface area contributed by atoms with E-state index in [1.165, 1.54) is 11.3 Å². The van der Waals surface area contributed by atoms with E-state index in [1.807, 2.05) is 48.7 Å². The average molecular weight is 217 g/mol. The molecule has 1 aromatic carbocycles. The van der Waals surface area contributed by atoms with Gasteiger partial charge < -0.3 is 4.57 Å². The van der Waals surface area contributed by atoms with Crippen molar-refractivity contribution in [2.45, 2.75) is 6.54 Å². The maximum absolute atomic E-state index is 11.2. The highest BCUT2D eigenvalue weighted by molar-refractivity contribution is 7.07. The van der Waals surface area contributed by atoms with Crippen molar-refractivity contribution in [1.82, 2.24) is 4.57 Å². The Morgan fingerprint density at radius 1 is 1.27 bits per heavy atom. The molecule has 0 amide bonds. The van der Waals surface area contributed by atoms with Crippen molar-refractivity contribution in [2.75, 3.05) is 0 Å². The number of benzene rings is 1. The highest BCUT2D eigenvalue weighted by Crippen LogP contribution is 2.01. The van der Waals surface area contributed by atoms with Crippen LogP contribution in [0.3, 0.4) is 0 Å². The lowest BCUT2D eigenvalue weighted by Crippen LogP contribution is -2.09. The third-order valence-corrected chi connectivity index (χ3v) is 2.75. The van der Waals surface area contributed by atoms with Gasteiger partial charge >= 0.3 is 4.87 Å². The van der Waals surface area contributed by atoms with Crippen LogP contribution in [-0.2, 0) is 6.54 Å². The molecule has 0 aliphatic heterocycles. The van der Waals surface area contributed by atoms with E-state index < -0.39 is 0 Å². The van der Waals surface area contributed by atoms with Gasteiger partial charge in [0.25, 0.3) is 0 Å². The predicted molar refractivity (Wildman–Crippen MR) is 64.1 cm³/mol. The molecule has 0 bridgehead atoms. The summed E-state index contributed by atoms with van der Waals surface area (Å²) in [5, 5.41) is 1.80. The van der Waals surface area contributed by atoms with Crippen LogP contribution in [0.5, 0.6) is 0 Å². The minimum atomic E-state index is 0.0905. The first-order valence-corrected chi connectivity index (χ1v) is 5.60. The largest absolute Gasteiger partial charge is 0.307 e. The molecule has 0 saturated heterocycles. The molecule has 3 heteroatoms. The standard InChI is InChI=1S/C12H11NOS/c14-12-13(9-10-15-12)8-4-7-11-5-2-1-3-6-11/h1-7,9-10H,8H2/b7-4+. The highest BCUT2D eigenvalue weighted by atomic mass is 32.1. The molecule has 1 aromatic heterocycles. The van der Waals surface area contributed by atoms with Crippen molar-refractivity contribution >= 4 is 17.4 Å². The fraction of sp³-hybridized carbons (Fsp3) is 0.0833. The first-order chi connectivity index (χ1) is 7.36. The lowest BCUT2D eigenvalue weighted by molar-refractivity contribution is 0.808. The zero-order chi connectivity index (χ0) is 10.5. The lowest BCUT2D eigenvalue weighted by atomic mass is 10.2. The molecule has 0 saturated carbocycles. The molecule has 0 radical (unpaired) electrons. The van der Waals surface area contributed by atoms with Gasteiger partial charge in [0.15, 0.2) is 0 Å². The number of hydrogen-bond donors (Lipinski definition) is 0. The molecule has 0 fully saturated rings. The number of thiazole rings is 1. The van der Waals surface area contributed by atoms with Crippen molar-refractivity contribution in [1.29, 1.82) is 0 Å². The van der Waals surface area contributed by atoms with E-state index in [0.717, 1.165) is 5.56 Å². The Bertz CT molecular complexity index is 496. The summed E-state index contributed by atoms with van der Waals surface area (Å²) >= 11 is 1.22. The Balaban J connectivity index is 2.03. The van der Waals surface area contributed by atoms with Gasteiger partial charge in [0.1, 0.15) is 0 Å². The monoisotopic (exact) mass is 217 g/mol. The lowest BCUT2D eigenvalue weighted by Gasteiger charge is -1.94. The van der Waals surface area contributed by atoms with Gasteiger partial charge in [-0.15, -0.1) is 0 Å². The van der Waals surface area contributed by atoms with Gasteiger partial charge in [-0.3, -0.25) is 4.79 Å². The maximum Gasteiger partial charge on any atom is 0.307 e. The maximum atomic E-state index is 11.2. The summed E-state index contributed by atoms with van der Waals surface area (Å²) in [6, 6.07) is 10.0. The molecule has 0 N–H and O–H groups in total. The van der Waals surface area contributed by atoms with Crippen LogP contribution in [0.25, 0.3) is 6.08 Å². The molecule has 2 aromatic rings. The smallest absolute Gasteiger partial charge is 0.302 e. The van der Waals surface area contributed by atoms with E-state index in [2.05, 4.69) is 0 Å². The van der Waals surface area contributed by atoms with Crippen molar-refractivity contribution in [3.63, 3.8) is 0 Å². The molecular formula is C12H11NOS. The molecule has 0 unspecified atom stereocenters. The summed E-state index contributed by atoms with van der Waals surface area (Å²) in [5.41, 5.74) is 1.15. The summed E-state index contributed by atoms with van der Waals surface area (Å²) in [5.74, 6) is 0. The van der Waals surface area contributed by atoms with Gasteiger partial charge in [-0.2, -0.15) is 0 Å². The van der Waals surface area contributed by atoms with Crippen LogP contribution in [0.4, 0.5) is 0 Å². The van der Waals surface area contributed by atoms with Crippen LogP contribution in [0.15, 0.2) is 52.8 Å². The van der Waals surface area contributed by atoms with Crippen molar-refractivity contribution in [2.24, 2.45) is 0 Å². The van der Waals surface area contributed by atoms with Gasteiger partial charge in [0.05, 0.1) is 0 Å². The van der Waals surface area contributed by atoms with E-state index in [4.69, 9.17) is 0 Å². The van der Waals surface area contributed by atoms with E-state index >= 15 is 0 Å². The second-order valence-electron chi connectivity index (χ2n) is 3.13. The highest BCUT2D eigenvalue weighted by Gasteiger charge is 1.91. The SMILES string of the molecule is O=c1sccn1C/C=C/c1ccccc1. The minimum Gasteiger partial charge on any atom is -0.302 e. The van der Waals surface area contributed by atoms with Crippen LogP contribution in [0.1, 0.15) is 5.56 Å². The molecule has 2 rings (SSSR count). The zero-order valence-electron chi connectivity index (χ0n) is 8.17. The molecule has 1 heterocycles. The predicted octanol–water partition coefficient (Wildman–Crippen LogP) is 2.62. The number of rotatable bonds is 3. The van der Waals surface area contributed by atoms with Gasteiger partial charge in [-0.1, -0.05) is 53.8 Å². The van der Waals surface area contributed by atoms with E-state index in [1.54, 1.807) is 9.95 Å². The quantitative estimate of drug-likeness (QED) is 0.774. The summed E-state index contributed by atoms with van der Waals surface area (Å²) in [4.78, 5) is 11.3. The summed E-state index contributed by atoms with van der Waals surface area (Å²) in [6.45, 7) is 0.636. The molecule has 0 atom stereocenters. The van der Waals surface area contributed by atoms with Crippen LogP contribution in [0, 0.1) is 0 Å². The van der Waals surface area contributed by atoms with E-state index in [-0.39, 0.29) is 4.87 Å². The van der Waals surface area contributed by atoms with Gasteiger partial charge in [-0.25, -0.2) is 0 Å². The van der Waals surface area contributed by atoms with Crippen LogP contribution >= 0.6 is 11.3 Å². The van der Waals surface area contributed by atoms with Crippen LogP contribution in [0.2, 0.25) is 0 Å². The molecular weight excluding hydrogens is 206 g/mol. The molecule has 0 spiro atoms. The van der Waals surface area contributed by atoms with Crippen molar-refractivity contribution in [3.05, 3.63) is 63.2 Å². The zero-order valence-corrected chi connectivity index (χ0v) is 8.98. The number of nitrogens with zero attached hydrogens (tertiary/aromatic N) is 1. The van der Waals surface area contributed by atoms with Crippen LogP contribution in [-0.4, -0.2) is 4.57 Å². The fourth-order valence-corrected chi connectivity index (χ4v) is 1.89. The minimum absolute atomic E-state index is 0.0905. The number of aromatic nitrogens is 1. The second-order valence-corrected chi connectivity index (χ2v) is 3.99. The first-order valence-electron chi connectivity index (χ1n) is 4.72. The second kappa shape index (κ2) is 4.75.